The number of nitrogens with zero attached hydrogens (tertiary/aromatic N) is 5. The third-order valence-corrected chi connectivity index (χ3v) is 5.39. The predicted molar refractivity (Wildman–Crippen MR) is 105 cm³/mol. The van der Waals surface area contributed by atoms with Crippen molar-refractivity contribution in [1.29, 1.82) is 5.26 Å². The van der Waals surface area contributed by atoms with E-state index in [-0.39, 0.29) is 12.0 Å². The Hall–Kier alpha value is -2.77. The van der Waals surface area contributed by atoms with Gasteiger partial charge < -0.3 is 10.1 Å². The summed E-state index contributed by atoms with van der Waals surface area (Å²) in [6.45, 7) is 1.82. The van der Waals surface area contributed by atoms with Gasteiger partial charge in [0.2, 0.25) is 5.13 Å². The van der Waals surface area contributed by atoms with Crippen LogP contribution < -0.4 is 10.1 Å². The third kappa shape index (κ3) is 4.05. The van der Waals surface area contributed by atoms with Crippen molar-refractivity contribution < 1.29 is 9.53 Å². The Morgan fingerprint density at radius 3 is 2.96 bits per heavy atom. The van der Waals surface area contributed by atoms with Crippen molar-refractivity contribution in [2.75, 3.05) is 0 Å². The molecule has 1 aliphatic carbocycles. The van der Waals surface area contributed by atoms with E-state index in [4.69, 9.17) is 10.00 Å². The molecule has 28 heavy (non-hydrogen) atoms. The maximum Gasteiger partial charge on any atom is 0.252 e. The van der Waals surface area contributed by atoms with Gasteiger partial charge in [-0.3, -0.25) is 4.79 Å². The molecule has 10 heteroatoms. The summed E-state index contributed by atoms with van der Waals surface area (Å²) in [6, 6.07) is 6.95. The van der Waals surface area contributed by atoms with Crippen molar-refractivity contribution in [2.45, 2.75) is 31.9 Å². The highest BCUT2D eigenvalue weighted by Crippen LogP contribution is 2.29. The SMILES string of the molecule is C[C@H](NC(=O)c1cc(Br)cc(OC2CC2)c1)c1ncnn1-c1ncc(C#N)s1. The van der Waals surface area contributed by atoms with Crippen LogP contribution >= 0.6 is 27.3 Å². The summed E-state index contributed by atoms with van der Waals surface area (Å²) in [5.74, 6) is 0.946. The molecule has 1 aliphatic rings. The second kappa shape index (κ2) is 7.69. The summed E-state index contributed by atoms with van der Waals surface area (Å²) >= 11 is 4.63. The van der Waals surface area contributed by atoms with Gasteiger partial charge in [-0.1, -0.05) is 27.3 Å². The van der Waals surface area contributed by atoms with E-state index in [9.17, 15) is 4.79 Å². The summed E-state index contributed by atoms with van der Waals surface area (Å²) in [6.07, 6.45) is 5.22. The van der Waals surface area contributed by atoms with E-state index in [1.54, 1.807) is 12.1 Å². The molecule has 0 aliphatic heterocycles. The van der Waals surface area contributed by atoms with Crippen LogP contribution in [0.15, 0.2) is 35.2 Å². The van der Waals surface area contributed by atoms with Crippen LogP contribution in [0.2, 0.25) is 0 Å². The normalized spacial score (nSPS) is 14.3. The number of hydrogen-bond acceptors (Lipinski definition) is 7. The van der Waals surface area contributed by atoms with Crippen LogP contribution in [0.1, 0.15) is 46.9 Å². The summed E-state index contributed by atoms with van der Waals surface area (Å²) < 4.78 is 8.10. The molecule has 4 rings (SSSR count). The molecule has 1 atom stereocenters. The lowest BCUT2D eigenvalue weighted by molar-refractivity contribution is 0.0937. The van der Waals surface area contributed by atoms with Crippen LogP contribution in [0.25, 0.3) is 5.13 Å². The fourth-order valence-electron chi connectivity index (χ4n) is 2.59. The van der Waals surface area contributed by atoms with Gasteiger partial charge in [-0.05, 0) is 38.0 Å². The number of halogens is 1. The fourth-order valence-corrected chi connectivity index (χ4v) is 3.74. The molecule has 0 radical (unpaired) electrons. The molecular formula is C18H15BrN6O2S. The number of nitriles is 1. The number of benzene rings is 1. The number of thiazole rings is 1. The van der Waals surface area contributed by atoms with Gasteiger partial charge in [-0.15, -0.1) is 0 Å². The predicted octanol–water partition coefficient (Wildman–Crippen LogP) is 3.39. The van der Waals surface area contributed by atoms with Crippen molar-refractivity contribution in [3.05, 3.63) is 51.5 Å². The third-order valence-electron chi connectivity index (χ3n) is 4.05. The summed E-state index contributed by atoms with van der Waals surface area (Å²) in [7, 11) is 0. The van der Waals surface area contributed by atoms with Gasteiger partial charge in [0, 0.05) is 10.0 Å². The highest BCUT2D eigenvalue weighted by Gasteiger charge is 2.24. The Morgan fingerprint density at radius 2 is 2.25 bits per heavy atom. The Bertz CT molecular complexity index is 1070. The van der Waals surface area contributed by atoms with E-state index >= 15 is 0 Å². The average molecular weight is 459 g/mol. The Kier molecular flexibility index (Phi) is 5.11. The van der Waals surface area contributed by atoms with E-state index in [0.29, 0.717) is 27.1 Å². The number of carbonyl (C=O) groups excluding carboxylic acids is 1. The highest BCUT2D eigenvalue weighted by atomic mass is 79.9. The van der Waals surface area contributed by atoms with Gasteiger partial charge in [0.05, 0.1) is 18.3 Å². The smallest absolute Gasteiger partial charge is 0.252 e. The molecule has 0 saturated heterocycles. The molecule has 2 heterocycles. The first-order chi connectivity index (χ1) is 13.5. The summed E-state index contributed by atoms with van der Waals surface area (Å²) in [4.78, 5) is 21.7. The Labute approximate surface area is 173 Å². The first-order valence-corrected chi connectivity index (χ1v) is 10.2. The minimum Gasteiger partial charge on any atom is -0.490 e. The lowest BCUT2D eigenvalue weighted by Crippen LogP contribution is -2.28. The lowest BCUT2D eigenvalue weighted by Gasteiger charge is -2.14. The number of hydrogen-bond donors (Lipinski definition) is 1. The molecule has 1 fully saturated rings. The molecule has 2 aromatic heterocycles. The average Bonchev–Trinajstić information content (AvgIpc) is 3.17. The fraction of sp³-hybridized carbons (Fsp3) is 0.278. The molecule has 1 aromatic carbocycles. The number of aromatic nitrogens is 4. The van der Waals surface area contributed by atoms with E-state index in [0.717, 1.165) is 17.3 Å². The maximum absolute atomic E-state index is 12.8. The van der Waals surface area contributed by atoms with Crippen LogP contribution in [0.3, 0.4) is 0 Å². The van der Waals surface area contributed by atoms with Crippen molar-refractivity contribution in [3.8, 4) is 17.0 Å². The van der Waals surface area contributed by atoms with Crippen LogP contribution in [0, 0.1) is 11.3 Å². The monoisotopic (exact) mass is 458 g/mol. The van der Waals surface area contributed by atoms with Gasteiger partial charge in [0.15, 0.2) is 5.82 Å². The van der Waals surface area contributed by atoms with E-state index in [2.05, 4.69) is 36.3 Å². The van der Waals surface area contributed by atoms with Crippen molar-refractivity contribution in [2.24, 2.45) is 0 Å². The van der Waals surface area contributed by atoms with E-state index < -0.39 is 6.04 Å². The standard InChI is InChI=1S/C18H15BrN6O2S/c1-10(16-22-9-23-25(16)18-21-8-15(7-20)28-18)24-17(26)11-4-12(19)6-14(5-11)27-13-2-3-13/h4-6,8-10,13H,2-3H2,1H3,(H,24,26)/t10-/m0/s1. The lowest BCUT2D eigenvalue weighted by atomic mass is 10.2. The second-order valence-corrected chi connectivity index (χ2v) is 8.26. The summed E-state index contributed by atoms with van der Waals surface area (Å²) in [5, 5.41) is 16.6. The van der Waals surface area contributed by atoms with Crippen molar-refractivity contribution >= 4 is 33.2 Å². The molecule has 1 N–H and O–H groups in total. The van der Waals surface area contributed by atoms with Crippen LogP contribution in [0.5, 0.6) is 5.75 Å². The zero-order valence-corrected chi connectivity index (χ0v) is 17.2. The maximum atomic E-state index is 12.8. The minimum atomic E-state index is -0.420. The Balaban J connectivity index is 1.52. The number of nitrogens with one attached hydrogen (secondary N) is 1. The molecule has 1 amide bonds. The molecule has 1 saturated carbocycles. The van der Waals surface area contributed by atoms with Gasteiger partial charge in [-0.25, -0.2) is 9.97 Å². The first-order valence-electron chi connectivity index (χ1n) is 8.58. The topological polar surface area (TPSA) is 106 Å². The number of ether oxygens (including phenoxy) is 1. The van der Waals surface area contributed by atoms with Gasteiger partial charge in [0.1, 0.15) is 23.0 Å². The van der Waals surface area contributed by atoms with Crippen molar-refractivity contribution in [3.63, 3.8) is 0 Å². The second-order valence-electron chi connectivity index (χ2n) is 6.34. The van der Waals surface area contributed by atoms with Gasteiger partial charge in [-0.2, -0.15) is 15.0 Å². The highest BCUT2D eigenvalue weighted by molar-refractivity contribution is 9.10. The molecule has 0 bridgehead atoms. The summed E-state index contributed by atoms with van der Waals surface area (Å²) in [5.41, 5.74) is 0.490. The quantitative estimate of drug-likeness (QED) is 0.606. The first kappa shape index (κ1) is 18.6. The largest absolute Gasteiger partial charge is 0.490 e. The Morgan fingerprint density at radius 1 is 1.43 bits per heavy atom. The molecule has 142 valence electrons. The van der Waals surface area contributed by atoms with Crippen molar-refractivity contribution in [1.82, 2.24) is 25.1 Å². The minimum absolute atomic E-state index is 0.249. The number of amides is 1. The van der Waals surface area contributed by atoms with E-state index in [1.165, 1.54) is 28.5 Å². The van der Waals surface area contributed by atoms with Crippen LogP contribution in [-0.2, 0) is 0 Å². The van der Waals surface area contributed by atoms with Gasteiger partial charge >= 0.3 is 0 Å². The van der Waals surface area contributed by atoms with Crippen LogP contribution in [-0.4, -0.2) is 31.8 Å². The van der Waals surface area contributed by atoms with Crippen LogP contribution in [0.4, 0.5) is 0 Å². The molecule has 0 spiro atoms. The number of rotatable bonds is 6. The zero-order valence-electron chi connectivity index (χ0n) is 14.8. The van der Waals surface area contributed by atoms with E-state index in [1.807, 2.05) is 19.1 Å². The van der Waals surface area contributed by atoms with Gasteiger partial charge in [0.25, 0.3) is 5.91 Å². The molecule has 0 unspecified atom stereocenters. The molecular weight excluding hydrogens is 444 g/mol. The zero-order chi connectivity index (χ0) is 19.7. The number of carbonyl (C=O) groups is 1. The molecule has 3 aromatic rings. The molecule has 8 nitrogen and oxygen atoms in total.